The Balaban J connectivity index is 1.90. The van der Waals surface area contributed by atoms with Crippen molar-refractivity contribution in [3.63, 3.8) is 0 Å². The van der Waals surface area contributed by atoms with Crippen LogP contribution in [0.25, 0.3) is 0 Å². The molecule has 1 N–H and O–H groups in total. The lowest BCUT2D eigenvalue weighted by molar-refractivity contribution is 0.463. The first-order chi connectivity index (χ1) is 5.84. The smallest absolute Gasteiger partial charge is 0.177 e. The van der Waals surface area contributed by atoms with Crippen LogP contribution < -0.4 is 0 Å². The summed E-state index contributed by atoms with van der Waals surface area (Å²) < 4.78 is 3.11. The minimum Gasteiger partial charge on any atom is -0.337 e. The number of hydrogen-bond acceptors (Lipinski definition) is 1. The lowest BCUT2D eigenvalue weighted by atomic mass is 10.1. The zero-order valence-electron chi connectivity index (χ0n) is 6.86. The summed E-state index contributed by atoms with van der Waals surface area (Å²) in [5.41, 5.74) is 0. The van der Waals surface area contributed by atoms with Crippen LogP contribution in [0.1, 0.15) is 25.3 Å². The minimum absolute atomic E-state index is 0.701. The monoisotopic (exact) mass is 180 g/mol. The van der Waals surface area contributed by atoms with Gasteiger partial charge in [-0.3, -0.25) is 0 Å². The van der Waals surface area contributed by atoms with Crippen LogP contribution in [0.2, 0.25) is 0 Å². The van der Waals surface area contributed by atoms with E-state index >= 15 is 0 Å². The van der Waals surface area contributed by atoms with Crippen molar-refractivity contribution in [1.82, 2.24) is 9.55 Å². The number of H-pyrrole nitrogens is 1. The molecule has 0 spiro atoms. The van der Waals surface area contributed by atoms with Gasteiger partial charge in [0.1, 0.15) is 0 Å². The Morgan fingerprint density at radius 3 is 2.67 bits per heavy atom. The lowest BCUT2D eigenvalue weighted by Crippen LogP contribution is -2.05. The number of hydrogen-bond donors (Lipinski definition) is 1. The average molecular weight is 180 g/mol. The molecule has 12 heavy (non-hydrogen) atoms. The van der Waals surface area contributed by atoms with E-state index in [2.05, 4.69) is 15.7 Å². The average Bonchev–Trinajstić information content (AvgIpc) is 2.51. The predicted molar refractivity (Wildman–Crippen MR) is 49.5 cm³/mol. The zero-order valence-corrected chi connectivity index (χ0v) is 7.68. The third-order valence-electron chi connectivity index (χ3n) is 3.29. The SMILES string of the molecule is S=c1[nH]ccn1C1CC2CC2C1. The lowest BCUT2D eigenvalue weighted by Gasteiger charge is -2.12. The van der Waals surface area contributed by atoms with Crippen LogP contribution in [0.3, 0.4) is 0 Å². The summed E-state index contributed by atoms with van der Waals surface area (Å²) in [7, 11) is 0. The number of nitrogens with zero attached hydrogens (tertiary/aromatic N) is 1. The van der Waals surface area contributed by atoms with E-state index in [9.17, 15) is 0 Å². The Labute approximate surface area is 76.6 Å². The van der Waals surface area contributed by atoms with Crippen molar-refractivity contribution in [3.8, 4) is 0 Å². The predicted octanol–water partition coefficient (Wildman–Crippen LogP) is 2.52. The van der Waals surface area contributed by atoms with Crippen molar-refractivity contribution < 1.29 is 0 Å². The fourth-order valence-corrected chi connectivity index (χ4v) is 2.81. The molecule has 1 heterocycles. The molecule has 0 radical (unpaired) electrons. The van der Waals surface area contributed by atoms with Gasteiger partial charge in [-0.05, 0) is 43.3 Å². The molecule has 2 nitrogen and oxygen atoms in total. The van der Waals surface area contributed by atoms with Crippen molar-refractivity contribution >= 4 is 12.2 Å². The number of nitrogens with one attached hydrogen (secondary N) is 1. The summed E-state index contributed by atoms with van der Waals surface area (Å²) in [6, 6.07) is 0.701. The van der Waals surface area contributed by atoms with Gasteiger partial charge in [0.15, 0.2) is 4.77 Å². The Morgan fingerprint density at radius 2 is 2.08 bits per heavy atom. The molecule has 2 atom stereocenters. The Bertz CT molecular complexity index is 341. The molecule has 3 heteroatoms. The van der Waals surface area contributed by atoms with Gasteiger partial charge in [0, 0.05) is 18.4 Å². The summed E-state index contributed by atoms with van der Waals surface area (Å²) in [6.07, 6.45) is 8.21. The molecular weight excluding hydrogens is 168 g/mol. The molecule has 3 rings (SSSR count). The maximum atomic E-state index is 5.18. The molecule has 2 aliphatic carbocycles. The highest BCUT2D eigenvalue weighted by atomic mass is 32.1. The molecular formula is C9H12N2S. The Morgan fingerprint density at radius 1 is 1.33 bits per heavy atom. The molecule has 0 amide bonds. The van der Waals surface area contributed by atoms with E-state index in [1.54, 1.807) is 0 Å². The molecule has 2 aliphatic rings. The maximum absolute atomic E-state index is 5.18. The van der Waals surface area contributed by atoms with E-state index < -0.39 is 0 Å². The van der Waals surface area contributed by atoms with E-state index in [1.807, 2.05) is 6.20 Å². The van der Waals surface area contributed by atoms with Crippen molar-refractivity contribution in [2.24, 2.45) is 11.8 Å². The van der Waals surface area contributed by atoms with E-state index in [1.165, 1.54) is 19.3 Å². The van der Waals surface area contributed by atoms with Gasteiger partial charge in [-0.25, -0.2) is 0 Å². The minimum atomic E-state index is 0.701. The molecule has 2 unspecified atom stereocenters. The van der Waals surface area contributed by atoms with Crippen LogP contribution in [-0.2, 0) is 0 Å². The van der Waals surface area contributed by atoms with E-state index in [-0.39, 0.29) is 0 Å². The first-order valence-electron chi connectivity index (χ1n) is 4.60. The molecule has 1 aromatic heterocycles. The van der Waals surface area contributed by atoms with Crippen LogP contribution in [0.4, 0.5) is 0 Å². The Kier molecular flexibility index (Phi) is 1.28. The van der Waals surface area contributed by atoms with Gasteiger partial charge in [0.2, 0.25) is 0 Å². The second-order valence-electron chi connectivity index (χ2n) is 4.05. The second kappa shape index (κ2) is 2.22. The standard InChI is InChI=1S/C9H12N2S/c12-9-10-1-2-11(9)8-4-6-3-7(6)5-8/h1-2,6-8H,3-5H2,(H,10,12). The number of aromatic nitrogens is 2. The zero-order chi connectivity index (χ0) is 8.13. The molecule has 0 bridgehead atoms. The highest BCUT2D eigenvalue weighted by Gasteiger charge is 2.46. The fraction of sp³-hybridized carbons (Fsp3) is 0.667. The first kappa shape index (κ1) is 6.89. The maximum Gasteiger partial charge on any atom is 0.177 e. The second-order valence-corrected chi connectivity index (χ2v) is 4.44. The van der Waals surface area contributed by atoms with Gasteiger partial charge in [0.25, 0.3) is 0 Å². The highest BCUT2D eigenvalue weighted by Crippen LogP contribution is 2.55. The third-order valence-corrected chi connectivity index (χ3v) is 3.62. The number of fused-ring (bicyclic) bond motifs is 1. The summed E-state index contributed by atoms with van der Waals surface area (Å²) >= 11 is 5.18. The largest absolute Gasteiger partial charge is 0.337 e. The number of aromatic amines is 1. The Hall–Kier alpha value is -0.570. The fourth-order valence-electron chi connectivity index (χ4n) is 2.53. The van der Waals surface area contributed by atoms with Crippen LogP contribution in [0.5, 0.6) is 0 Å². The highest BCUT2D eigenvalue weighted by molar-refractivity contribution is 7.71. The molecule has 64 valence electrons. The van der Waals surface area contributed by atoms with Crippen molar-refractivity contribution in [1.29, 1.82) is 0 Å². The molecule has 0 aliphatic heterocycles. The normalized spacial score (nSPS) is 38.2. The molecule has 2 fully saturated rings. The van der Waals surface area contributed by atoms with Crippen LogP contribution >= 0.6 is 12.2 Å². The molecule has 0 saturated heterocycles. The summed E-state index contributed by atoms with van der Waals surface area (Å²) in [4.78, 5) is 3.05. The van der Waals surface area contributed by atoms with E-state index in [0.29, 0.717) is 6.04 Å². The van der Waals surface area contributed by atoms with Gasteiger partial charge in [-0.15, -0.1) is 0 Å². The van der Waals surface area contributed by atoms with Gasteiger partial charge >= 0.3 is 0 Å². The quantitative estimate of drug-likeness (QED) is 0.659. The summed E-state index contributed by atoms with van der Waals surface area (Å²) in [6.45, 7) is 0. The van der Waals surface area contributed by atoms with Gasteiger partial charge in [0.05, 0.1) is 0 Å². The van der Waals surface area contributed by atoms with Crippen molar-refractivity contribution in [3.05, 3.63) is 17.2 Å². The molecule has 0 aromatic carbocycles. The topological polar surface area (TPSA) is 20.7 Å². The van der Waals surface area contributed by atoms with E-state index in [4.69, 9.17) is 12.2 Å². The summed E-state index contributed by atoms with van der Waals surface area (Å²) in [5, 5.41) is 0. The summed E-state index contributed by atoms with van der Waals surface area (Å²) in [5.74, 6) is 2.07. The van der Waals surface area contributed by atoms with E-state index in [0.717, 1.165) is 16.6 Å². The van der Waals surface area contributed by atoms with Crippen LogP contribution in [0, 0.1) is 16.6 Å². The van der Waals surface area contributed by atoms with Crippen LogP contribution in [-0.4, -0.2) is 9.55 Å². The van der Waals surface area contributed by atoms with Crippen molar-refractivity contribution in [2.45, 2.75) is 25.3 Å². The number of rotatable bonds is 1. The van der Waals surface area contributed by atoms with Crippen molar-refractivity contribution in [2.75, 3.05) is 0 Å². The van der Waals surface area contributed by atoms with Crippen LogP contribution in [0.15, 0.2) is 12.4 Å². The van der Waals surface area contributed by atoms with Gasteiger partial charge in [-0.1, -0.05) is 0 Å². The first-order valence-corrected chi connectivity index (χ1v) is 5.01. The number of imidazole rings is 1. The third kappa shape index (κ3) is 0.891. The van der Waals surface area contributed by atoms with Gasteiger partial charge in [-0.2, -0.15) is 0 Å². The molecule has 1 aromatic rings. The molecule has 2 saturated carbocycles. The van der Waals surface area contributed by atoms with Gasteiger partial charge < -0.3 is 9.55 Å².